The molecule has 0 saturated heterocycles. The minimum atomic E-state index is -0.603. The lowest BCUT2D eigenvalue weighted by atomic mass is 10.2. The average molecular weight is 366 g/mol. The third-order valence-corrected chi connectivity index (χ3v) is 3.55. The Bertz CT molecular complexity index is 691. The molecule has 114 valence electrons. The lowest BCUT2D eigenvalue weighted by molar-refractivity contribution is -0.124. The Labute approximate surface area is 135 Å². The summed E-state index contributed by atoms with van der Waals surface area (Å²) in [6.45, 7) is -0.382. The second kappa shape index (κ2) is 7.70. The molecule has 0 bridgehead atoms. The molecule has 1 N–H and O–H groups in total. The molecule has 0 radical (unpaired) electrons. The summed E-state index contributed by atoms with van der Waals surface area (Å²) in [5.41, 5.74) is 0.706. The number of hydrogen-bond donors (Lipinski definition) is 1. The molecule has 0 spiro atoms. The molecule has 0 fully saturated rings. The van der Waals surface area contributed by atoms with Crippen LogP contribution in [0.1, 0.15) is 15.9 Å². The smallest absolute Gasteiger partial charge is 0.339 e. The largest absolute Gasteiger partial charge is 0.452 e. The van der Waals surface area contributed by atoms with Crippen LogP contribution in [0.4, 0.5) is 4.39 Å². The van der Waals surface area contributed by atoms with E-state index in [-0.39, 0.29) is 6.54 Å². The van der Waals surface area contributed by atoms with E-state index in [2.05, 4.69) is 21.2 Å². The first-order valence-electron chi connectivity index (χ1n) is 6.49. The predicted molar refractivity (Wildman–Crippen MR) is 82.7 cm³/mol. The molecule has 1 amide bonds. The molecule has 0 aliphatic carbocycles. The van der Waals surface area contributed by atoms with Crippen molar-refractivity contribution in [3.05, 3.63) is 69.9 Å². The molecule has 22 heavy (non-hydrogen) atoms. The summed E-state index contributed by atoms with van der Waals surface area (Å²) < 4.78 is 18.9. The van der Waals surface area contributed by atoms with E-state index < -0.39 is 24.3 Å². The van der Waals surface area contributed by atoms with Crippen LogP contribution in [0.15, 0.2) is 53.0 Å². The van der Waals surface area contributed by atoms with Gasteiger partial charge in [-0.3, -0.25) is 4.79 Å². The highest BCUT2D eigenvalue weighted by Crippen LogP contribution is 2.16. The van der Waals surface area contributed by atoms with Gasteiger partial charge in [0.2, 0.25) is 0 Å². The summed E-state index contributed by atoms with van der Waals surface area (Å²) in [5, 5.41) is 2.49. The molecule has 0 aliphatic heterocycles. The van der Waals surface area contributed by atoms with E-state index in [1.54, 1.807) is 42.5 Å². The fourth-order valence-corrected chi connectivity index (χ4v) is 2.17. The Morgan fingerprint density at radius 3 is 2.50 bits per heavy atom. The van der Waals surface area contributed by atoms with E-state index in [1.165, 1.54) is 6.07 Å². The standard InChI is InChI=1S/C16H13BrFNO3/c17-13-7-3-2-6-12(13)16(21)22-10-15(20)19-9-11-5-1-4-8-14(11)18/h1-8H,9-10H2,(H,19,20). The molecule has 6 heteroatoms. The lowest BCUT2D eigenvalue weighted by Crippen LogP contribution is -2.28. The molecule has 2 rings (SSSR count). The highest BCUT2D eigenvalue weighted by atomic mass is 79.9. The summed E-state index contributed by atoms with van der Waals surface area (Å²) in [6.07, 6.45) is 0. The molecule has 4 nitrogen and oxygen atoms in total. The van der Waals surface area contributed by atoms with Crippen LogP contribution in [0.2, 0.25) is 0 Å². The monoisotopic (exact) mass is 365 g/mol. The molecule has 2 aromatic rings. The maximum atomic E-state index is 13.4. The number of halogens is 2. The zero-order chi connectivity index (χ0) is 15.9. The molecule has 0 aliphatic rings. The van der Waals surface area contributed by atoms with Crippen molar-refractivity contribution in [2.24, 2.45) is 0 Å². The summed E-state index contributed by atoms with van der Waals surface area (Å²) >= 11 is 3.23. The van der Waals surface area contributed by atoms with Gasteiger partial charge in [0.25, 0.3) is 5.91 Å². The van der Waals surface area contributed by atoms with E-state index in [1.807, 2.05) is 0 Å². The third kappa shape index (κ3) is 4.39. The Morgan fingerprint density at radius 1 is 1.09 bits per heavy atom. The van der Waals surface area contributed by atoms with E-state index >= 15 is 0 Å². The van der Waals surface area contributed by atoms with Crippen molar-refractivity contribution < 1.29 is 18.7 Å². The van der Waals surface area contributed by atoms with Gasteiger partial charge in [-0.25, -0.2) is 9.18 Å². The van der Waals surface area contributed by atoms with Crippen LogP contribution in [-0.4, -0.2) is 18.5 Å². The number of rotatable bonds is 5. The first-order valence-corrected chi connectivity index (χ1v) is 7.29. The van der Waals surface area contributed by atoms with Crippen LogP contribution in [0.3, 0.4) is 0 Å². The Balaban J connectivity index is 1.82. The van der Waals surface area contributed by atoms with Gasteiger partial charge in [0.15, 0.2) is 6.61 Å². The molecule has 0 saturated carbocycles. The Kier molecular flexibility index (Phi) is 5.66. The average Bonchev–Trinajstić information content (AvgIpc) is 2.52. The number of ether oxygens (including phenoxy) is 1. The van der Waals surface area contributed by atoms with Crippen LogP contribution in [0.25, 0.3) is 0 Å². The normalized spacial score (nSPS) is 10.1. The number of benzene rings is 2. The van der Waals surface area contributed by atoms with Crippen LogP contribution >= 0.6 is 15.9 Å². The second-order valence-corrected chi connectivity index (χ2v) is 5.28. The maximum Gasteiger partial charge on any atom is 0.339 e. The number of nitrogens with one attached hydrogen (secondary N) is 1. The van der Waals surface area contributed by atoms with Gasteiger partial charge in [-0.2, -0.15) is 0 Å². The number of hydrogen-bond acceptors (Lipinski definition) is 3. The van der Waals surface area contributed by atoms with Gasteiger partial charge in [-0.1, -0.05) is 30.3 Å². The van der Waals surface area contributed by atoms with Crippen molar-refractivity contribution >= 4 is 27.8 Å². The zero-order valence-electron chi connectivity index (χ0n) is 11.5. The van der Waals surface area contributed by atoms with Crippen molar-refractivity contribution in [1.29, 1.82) is 0 Å². The van der Waals surface area contributed by atoms with Crippen molar-refractivity contribution in [2.45, 2.75) is 6.54 Å². The van der Waals surface area contributed by atoms with Crippen molar-refractivity contribution in [3.63, 3.8) is 0 Å². The fraction of sp³-hybridized carbons (Fsp3) is 0.125. The highest BCUT2D eigenvalue weighted by molar-refractivity contribution is 9.10. The lowest BCUT2D eigenvalue weighted by Gasteiger charge is -2.08. The fourth-order valence-electron chi connectivity index (χ4n) is 1.72. The topological polar surface area (TPSA) is 55.4 Å². The van der Waals surface area contributed by atoms with E-state index in [9.17, 15) is 14.0 Å². The van der Waals surface area contributed by atoms with Crippen LogP contribution in [-0.2, 0) is 16.1 Å². The minimum Gasteiger partial charge on any atom is -0.452 e. The number of carbonyl (C=O) groups excluding carboxylic acids is 2. The van der Waals surface area contributed by atoms with Crippen molar-refractivity contribution in [2.75, 3.05) is 6.61 Å². The minimum absolute atomic E-state index is 0.0398. The number of amides is 1. The predicted octanol–water partition coefficient (Wildman–Crippen LogP) is 3.06. The second-order valence-electron chi connectivity index (χ2n) is 4.42. The molecule has 0 heterocycles. The van der Waals surface area contributed by atoms with Crippen LogP contribution in [0, 0.1) is 5.82 Å². The molecule has 0 atom stereocenters. The van der Waals surface area contributed by atoms with Crippen molar-refractivity contribution in [1.82, 2.24) is 5.32 Å². The van der Waals surface area contributed by atoms with Crippen LogP contribution in [0.5, 0.6) is 0 Å². The zero-order valence-corrected chi connectivity index (χ0v) is 13.1. The highest BCUT2D eigenvalue weighted by Gasteiger charge is 2.13. The number of carbonyl (C=O) groups is 2. The van der Waals surface area contributed by atoms with Gasteiger partial charge in [0, 0.05) is 16.6 Å². The van der Waals surface area contributed by atoms with Gasteiger partial charge < -0.3 is 10.1 Å². The van der Waals surface area contributed by atoms with E-state index in [0.717, 1.165) is 0 Å². The van der Waals surface area contributed by atoms with Crippen LogP contribution < -0.4 is 5.32 Å². The van der Waals surface area contributed by atoms with E-state index in [4.69, 9.17) is 4.74 Å². The first-order chi connectivity index (χ1) is 10.6. The summed E-state index contributed by atoms with van der Waals surface area (Å²) in [4.78, 5) is 23.4. The molecule has 0 unspecified atom stereocenters. The molecule has 2 aromatic carbocycles. The van der Waals surface area contributed by atoms with Gasteiger partial charge in [-0.15, -0.1) is 0 Å². The Hall–Kier alpha value is -2.21. The molecular weight excluding hydrogens is 353 g/mol. The Morgan fingerprint density at radius 2 is 1.77 bits per heavy atom. The van der Waals surface area contributed by atoms with Gasteiger partial charge >= 0.3 is 5.97 Å². The van der Waals surface area contributed by atoms with Gasteiger partial charge in [-0.05, 0) is 34.1 Å². The summed E-state index contributed by atoms with van der Waals surface area (Å²) in [7, 11) is 0. The maximum absolute atomic E-state index is 13.4. The SMILES string of the molecule is O=C(COC(=O)c1ccccc1Br)NCc1ccccc1F. The summed E-state index contributed by atoms with van der Waals surface area (Å²) in [6, 6.07) is 12.9. The molecular formula is C16H13BrFNO3. The van der Waals surface area contributed by atoms with Gasteiger partial charge in [0.1, 0.15) is 5.82 Å². The first kappa shape index (κ1) is 16.2. The molecule has 0 aromatic heterocycles. The van der Waals surface area contributed by atoms with E-state index in [0.29, 0.717) is 15.6 Å². The number of esters is 1. The van der Waals surface area contributed by atoms with Gasteiger partial charge in [0.05, 0.1) is 5.56 Å². The third-order valence-electron chi connectivity index (χ3n) is 2.86. The van der Waals surface area contributed by atoms with Crippen molar-refractivity contribution in [3.8, 4) is 0 Å². The quantitative estimate of drug-likeness (QED) is 0.828. The summed E-state index contributed by atoms with van der Waals surface area (Å²) in [5.74, 6) is -1.50.